The topological polar surface area (TPSA) is 71.4 Å². The van der Waals surface area contributed by atoms with Crippen LogP contribution in [0.2, 0.25) is 0 Å². The Kier molecular flexibility index (Phi) is 5.68. The Morgan fingerprint density at radius 1 is 1.22 bits per heavy atom. The molecule has 0 aliphatic rings. The van der Waals surface area contributed by atoms with Gasteiger partial charge in [0.15, 0.2) is 9.84 Å². The summed E-state index contributed by atoms with van der Waals surface area (Å²) >= 11 is 1.42. The summed E-state index contributed by atoms with van der Waals surface area (Å²) in [5.41, 5.74) is 0.234. The molecule has 1 rings (SSSR count). The van der Waals surface area contributed by atoms with E-state index >= 15 is 0 Å². The minimum Gasteiger partial charge on any atom is -0.478 e. The van der Waals surface area contributed by atoms with E-state index in [0.717, 1.165) is 4.90 Å². The van der Waals surface area contributed by atoms with Crippen LogP contribution in [-0.2, 0) is 9.84 Å². The fourth-order valence-electron chi connectivity index (χ4n) is 1.39. The van der Waals surface area contributed by atoms with Gasteiger partial charge in [-0.1, -0.05) is 6.92 Å². The Balaban J connectivity index is 2.47. The van der Waals surface area contributed by atoms with Gasteiger partial charge in [0.2, 0.25) is 0 Å². The van der Waals surface area contributed by atoms with Crippen LogP contribution in [0.15, 0.2) is 29.2 Å². The van der Waals surface area contributed by atoms with Gasteiger partial charge in [-0.3, -0.25) is 0 Å². The van der Waals surface area contributed by atoms with Crippen LogP contribution in [0.3, 0.4) is 0 Å². The second-order valence-electron chi connectivity index (χ2n) is 3.83. The number of hydrogen-bond donors (Lipinski definition) is 1. The molecule has 0 atom stereocenters. The molecule has 0 heterocycles. The molecule has 0 amide bonds. The maximum Gasteiger partial charge on any atom is 0.335 e. The van der Waals surface area contributed by atoms with Crippen molar-refractivity contribution in [1.29, 1.82) is 0 Å². The van der Waals surface area contributed by atoms with E-state index in [1.165, 1.54) is 23.9 Å². The Morgan fingerprint density at radius 2 is 1.83 bits per heavy atom. The molecule has 1 aromatic carbocycles. The zero-order valence-electron chi connectivity index (χ0n) is 10.1. The van der Waals surface area contributed by atoms with Crippen molar-refractivity contribution in [2.75, 3.05) is 17.3 Å². The quantitative estimate of drug-likeness (QED) is 0.779. The summed E-state index contributed by atoms with van der Waals surface area (Å²) in [4.78, 5) is 11.5. The molecule has 0 fully saturated rings. The third-order valence-corrected chi connectivity index (χ3v) is 5.41. The summed E-state index contributed by atoms with van der Waals surface area (Å²) < 4.78 is 22.9. The highest BCUT2D eigenvalue weighted by Crippen LogP contribution is 2.18. The number of aromatic carboxylic acids is 1. The minimum atomic E-state index is -2.94. The van der Waals surface area contributed by atoms with E-state index < -0.39 is 15.8 Å². The van der Waals surface area contributed by atoms with Gasteiger partial charge in [0.1, 0.15) is 0 Å². The second kappa shape index (κ2) is 6.80. The lowest BCUT2D eigenvalue weighted by Crippen LogP contribution is -2.12. The Bertz CT molecular complexity index is 491. The highest BCUT2D eigenvalue weighted by molar-refractivity contribution is 8.00. The third kappa shape index (κ3) is 5.10. The van der Waals surface area contributed by atoms with E-state index in [0.29, 0.717) is 12.2 Å². The molecule has 0 radical (unpaired) electrons. The van der Waals surface area contributed by atoms with Crippen LogP contribution < -0.4 is 0 Å². The van der Waals surface area contributed by atoms with E-state index in [4.69, 9.17) is 5.11 Å². The summed E-state index contributed by atoms with van der Waals surface area (Å²) in [7, 11) is -2.94. The molecule has 0 aliphatic carbocycles. The SMILES string of the molecule is CCCS(=O)(=O)CCSc1ccc(C(=O)O)cc1. The van der Waals surface area contributed by atoms with E-state index in [1.807, 2.05) is 6.92 Å². The van der Waals surface area contributed by atoms with Gasteiger partial charge in [-0.2, -0.15) is 0 Å². The van der Waals surface area contributed by atoms with Gasteiger partial charge in [-0.15, -0.1) is 11.8 Å². The van der Waals surface area contributed by atoms with Crippen molar-refractivity contribution in [2.45, 2.75) is 18.2 Å². The van der Waals surface area contributed by atoms with Crippen LogP contribution in [0.25, 0.3) is 0 Å². The van der Waals surface area contributed by atoms with Crippen LogP contribution >= 0.6 is 11.8 Å². The number of sulfone groups is 1. The second-order valence-corrected chi connectivity index (χ2v) is 7.30. The van der Waals surface area contributed by atoms with Crippen molar-refractivity contribution in [3.05, 3.63) is 29.8 Å². The molecular weight excluding hydrogens is 272 g/mol. The molecule has 100 valence electrons. The average Bonchev–Trinajstić information content (AvgIpc) is 2.29. The van der Waals surface area contributed by atoms with E-state index in [-0.39, 0.29) is 17.1 Å². The normalized spacial score (nSPS) is 11.4. The van der Waals surface area contributed by atoms with Crippen LogP contribution in [0, 0.1) is 0 Å². The first kappa shape index (κ1) is 15.0. The van der Waals surface area contributed by atoms with E-state index in [1.54, 1.807) is 12.1 Å². The Morgan fingerprint density at radius 3 is 2.33 bits per heavy atom. The van der Waals surface area contributed by atoms with Gasteiger partial charge in [0, 0.05) is 16.4 Å². The molecule has 0 saturated carbocycles. The van der Waals surface area contributed by atoms with Gasteiger partial charge in [0.05, 0.1) is 11.3 Å². The summed E-state index contributed by atoms with van der Waals surface area (Å²) in [6, 6.07) is 6.43. The van der Waals surface area contributed by atoms with Crippen molar-refractivity contribution >= 4 is 27.6 Å². The lowest BCUT2D eigenvalue weighted by atomic mass is 10.2. The number of carboxylic acids is 1. The predicted octanol–water partition coefficient (Wildman–Crippen LogP) is 2.30. The van der Waals surface area contributed by atoms with Crippen molar-refractivity contribution in [3.63, 3.8) is 0 Å². The predicted molar refractivity (Wildman–Crippen MR) is 73.1 cm³/mol. The fourth-order valence-corrected chi connectivity index (χ4v) is 4.13. The molecule has 0 spiro atoms. The van der Waals surface area contributed by atoms with Gasteiger partial charge in [-0.25, -0.2) is 13.2 Å². The summed E-state index contributed by atoms with van der Waals surface area (Å²) in [6.45, 7) is 1.84. The summed E-state index contributed by atoms with van der Waals surface area (Å²) in [6.07, 6.45) is 0.639. The summed E-state index contributed by atoms with van der Waals surface area (Å²) in [5, 5.41) is 8.73. The Labute approximate surface area is 111 Å². The average molecular weight is 288 g/mol. The minimum absolute atomic E-state index is 0.159. The number of thioether (sulfide) groups is 1. The van der Waals surface area contributed by atoms with E-state index in [9.17, 15) is 13.2 Å². The largest absolute Gasteiger partial charge is 0.478 e. The number of carbonyl (C=O) groups is 1. The van der Waals surface area contributed by atoms with Crippen LogP contribution in [0.5, 0.6) is 0 Å². The number of benzene rings is 1. The van der Waals surface area contributed by atoms with Crippen LogP contribution in [0.1, 0.15) is 23.7 Å². The van der Waals surface area contributed by atoms with Crippen LogP contribution in [-0.4, -0.2) is 36.8 Å². The van der Waals surface area contributed by atoms with Crippen LogP contribution in [0.4, 0.5) is 0 Å². The van der Waals surface area contributed by atoms with E-state index in [2.05, 4.69) is 0 Å². The van der Waals surface area contributed by atoms with Crippen molar-refractivity contribution < 1.29 is 18.3 Å². The highest BCUT2D eigenvalue weighted by atomic mass is 32.2. The maximum absolute atomic E-state index is 11.5. The van der Waals surface area contributed by atoms with Crippen molar-refractivity contribution in [2.24, 2.45) is 0 Å². The fraction of sp³-hybridized carbons (Fsp3) is 0.417. The molecule has 0 aliphatic heterocycles. The molecule has 18 heavy (non-hydrogen) atoms. The third-order valence-electron chi connectivity index (χ3n) is 2.28. The lowest BCUT2D eigenvalue weighted by molar-refractivity contribution is 0.0697. The summed E-state index contributed by atoms with van der Waals surface area (Å²) in [5.74, 6) is -0.0796. The first-order chi connectivity index (χ1) is 8.44. The van der Waals surface area contributed by atoms with Crippen molar-refractivity contribution in [3.8, 4) is 0 Å². The molecule has 4 nitrogen and oxygen atoms in total. The molecule has 1 aromatic rings. The molecule has 1 N–H and O–H groups in total. The zero-order chi connectivity index (χ0) is 13.6. The number of hydrogen-bond acceptors (Lipinski definition) is 4. The smallest absolute Gasteiger partial charge is 0.335 e. The lowest BCUT2D eigenvalue weighted by Gasteiger charge is -2.03. The highest BCUT2D eigenvalue weighted by Gasteiger charge is 2.09. The molecule has 0 bridgehead atoms. The first-order valence-electron chi connectivity index (χ1n) is 5.61. The number of carboxylic acid groups (broad SMARTS) is 1. The van der Waals surface area contributed by atoms with Gasteiger partial charge in [-0.05, 0) is 30.7 Å². The number of rotatable bonds is 7. The van der Waals surface area contributed by atoms with Gasteiger partial charge in [0.25, 0.3) is 0 Å². The molecule has 0 aromatic heterocycles. The monoisotopic (exact) mass is 288 g/mol. The Hall–Kier alpha value is -1.01. The first-order valence-corrected chi connectivity index (χ1v) is 8.42. The molecule has 0 saturated heterocycles. The standard InChI is InChI=1S/C12H16O4S2/c1-2-8-18(15,16)9-7-17-11-5-3-10(4-6-11)12(13)14/h3-6H,2,7-9H2,1H3,(H,13,14). The van der Waals surface area contributed by atoms with Crippen molar-refractivity contribution in [1.82, 2.24) is 0 Å². The van der Waals surface area contributed by atoms with Gasteiger partial charge >= 0.3 is 5.97 Å². The zero-order valence-corrected chi connectivity index (χ0v) is 11.8. The molecular formula is C12H16O4S2. The molecule has 0 unspecified atom stereocenters. The maximum atomic E-state index is 11.5. The van der Waals surface area contributed by atoms with Gasteiger partial charge < -0.3 is 5.11 Å². The molecule has 6 heteroatoms.